The van der Waals surface area contributed by atoms with Crippen molar-refractivity contribution >= 4 is 26.8 Å². The second kappa shape index (κ2) is 15.1. The first kappa shape index (κ1) is 34.8. The lowest BCUT2D eigenvalue weighted by Gasteiger charge is -2.18. The van der Waals surface area contributed by atoms with Crippen LogP contribution in [0.5, 0.6) is 0 Å². The molecule has 0 aliphatic carbocycles. The summed E-state index contributed by atoms with van der Waals surface area (Å²) in [5, 5.41) is 10.2. The van der Waals surface area contributed by atoms with Crippen molar-refractivity contribution in [3.8, 4) is 0 Å². The van der Waals surface area contributed by atoms with Gasteiger partial charge < -0.3 is 48.4 Å². The zero-order chi connectivity index (χ0) is 22.2. The highest BCUT2D eigenvalue weighted by atomic mass is 31.2. The number of anilines is 1. The number of para-hydroxylation sites is 1. The summed E-state index contributed by atoms with van der Waals surface area (Å²) in [6.45, 7) is 4.06. The van der Waals surface area contributed by atoms with Gasteiger partial charge in [0, 0.05) is 12.2 Å². The van der Waals surface area contributed by atoms with Crippen LogP contribution in [0.25, 0.3) is 0 Å². The smallest absolute Gasteiger partial charge is 0.341 e. The number of carboxylic acids is 1. The maximum atomic E-state index is 11.3. The van der Waals surface area contributed by atoms with Gasteiger partial charge in [-0.05, 0) is 45.2 Å². The fourth-order valence-corrected chi connectivity index (χ4v) is 4.88. The maximum Gasteiger partial charge on any atom is 0.341 e. The maximum absolute atomic E-state index is 11.3. The molecule has 0 aliphatic heterocycles. The van der Waals surface area contributed by atoms with Crippen LogP contribution < -0.4 is 23.8 Å². The van der Waals surface area contributed by atoms with Crippen LogP contribution in [0, 0.1) is 0 Å². The summed E-state index contributed by atoms with van der Waals surface area (Å²) in [4.78, 5) is 47.7. The second-order valence-corrected chi connectivity index (χ2v) is 10.7. The van der Waals surface area contributed by atoms with E-state index in [1.807, 2.05) is 13.0 Å². The summed E-state index contributed by atoms with van der Waals surface area (Å²) in [7, 11) is -9.83. The number of benzene rings is 1. The highest BCUT2D eigenvalue weighted by molar-refractivity contribution is 7.70. The van der Waals surface area contributed by atoms with Gasteiger partial charge in [0.15, 0.2) is 5.40 Å². The Kier molecular flexibility index (Phi) is 16.4. The average molecular weight is 498 g/mol. The molecule has 15 N–H and O–H groups in total. The van der Waals surface area contributed by atoms with E-state index in [1.165, 1.54) is 12.1 Å². The lowest BCUT2D eigenvalue weighted by molar-refractivity contribution is 0.0697. The zero-order valence-electron chi connectivity index (χ0n) is 18.3. The Morgan fingerprint density at radius 1 is 0.969 bits per heavy atom. The molecule has 0 aromatic heterocycles. The van der Waals surface area contributed by atoms with E-state index in [0.29, 0.717) is 25.1 Å². The average Bonchev–Trinajstić information content (AvgIpc) is 2.57. The summed E-state index contributed by atoms with van der Waals surface area (Å²) in [5.74, 6) is -1.01. The lowest BCUT2D eigenvalue weighted by Crippen LogP contribution is -2.08. The highest BCUT2D eigenvalue weighted by Gasteiger charge is 2.42. The number of nitrogens with one attached hydrogen (secondary N) is 1. The minimum absolute atomic E-state index is 0. The van der Waals surface area contributed by atoms with Crippen LogP contribution >= 0.6 is 15.2 Å². The fraction of sp³-hybridized carbons (Fsp3) is 0.389. The molecule has 32 heavy (non-hydrogen) atoms. The molecular formula is C18H36N4O8P2. The third-order valence-corrected chi connectivity index (χ3v) is 7.98. The standard InChI is InChI=1S/C18H27NO8P2.3H3N/c1-13(10-11-17(28(22,23)24)29(25,26)27)6-5-7-14(2)12-19-16-9-4-3-8-15(16)18(20)21;;;/h3-4,7-10,17,19H,5-6,11-12H2,1-2H3,(H,20,21)(H2,22,23,24)(H2,25,26,27);3*1H3/b13-10+,14-7+;;;. The van der Waals surface area contributed by atoms with Gasteiger partial charge in [0.05, 0.1) is 5.56 Å². The number of carboxylic acid groups (broad SMARTS) is 1. The summed E-state index contributed by atoms with van der Waals surface area (Å²) in [5.41, 5.74) is 2.43. The number of allylic oxidation sites excluding steroid dienone is 3. The normalized spacial score (nSPS) is 12.3. The minimum atomic E-state index is -4.91. The molecule has 0 saturated carbocycles. The van der Waals surface area contributed by atoms with Gasteiger partial charge in [-0.15, -0.1) is 0 Å². The molecule has 1 rings (SSSR count). The molecule has 0 bridgehead atoms. The Morgan fingerprint density at radius 3 is 2.00 bits per heavy atom. The largest absolute Gasteiger partial charge is 0.478 e. The first-order valence-corrected chi connectivity index (χ1v) is 12.2. The highest BCUT2D eigenvalue weighted by Crippen LogP contribution is 2.61. The van der Waals surface area contributed by atoms with Crippen LogP contribution in [-0.4, -0.2) is 42.6 Å². The third-order valence-electron chi connectivity index (χ3n) is 4.20. The molecular weight excluding hydrogens is 462 g/mol. The van der Waals surface area contributed by atoms with E-state index in [4.69, 9.17) is 24.7 Å². The van der Waals surface area contributed by atoms with E-state index in [0.717, 1.165) is 11.1 Å². The molecule has 1 aromatic carbocycles. The fourth-order valence-electron chi connectivity index (χ4n) is 2.56. The minimum Gasteiger partial charge on any atom is -0.478 e. The van der Waals surface area contributed by atoms with Crippen molar-refractivity contribution in [3.05, 3.63) is 53.1 Å². The summed E-state index contributed by atoms with van der Waals surface area (Å²) in [6, 6.07) is 6.59. The van der Waals surface area contributed by atoms with Crippen molar-refractivity contribution in [2.24, 2.45) is 0 Å². The van der Waals surface area contributed by atoms with Crippen molar-refractivity contribution in [1.82, 2.24) is 18.5 Å². The van der Waals surface area contributed by atoms with E-state index in [-0.39, 0.29) is 24.0 Å². The number of carbonyl (C=O) groups is 1. The molecule has 0 fully saturated rings. The van der Waals surface area contributed by atoms with Crippen LogP contribution in [0.3, 0.4) is 0 Å². The molecule has 14 heteroatoms. The van der Waals surface area contributed by atoms with Gasteiger partial charge >= 0.3 is 21.2 Å². The molecule has 0 aliphatic rings. The quantitative estimate of drug-likeness (QED) is 0.154. The first-order valence-electron chi connectivity index (χ1n) is 8.80. The zero-order valence-corrected chi connectivity index (χ0v) is 20.1. The Morgan fingerprint density at radius 2 is 1.50 bits per heavy atom. The summed E-state index contributed by atoms with van der Waals surface area (Å²) < 4.78 is 22.5. The number of hydrogen-bond acceptors (Lipinski definition) is 7. The molecule has 0 unspecified atom stereocenters. The summed E-state index contributed by atoms with van der Waals surface area (Å²) in [6.07, 6.45) is 4.14. The van der Waals surface area contributed by atoms with Crippen LogP contribution in [-0.2, 0) is 9.13 Å². The predicted molar refractivity (Wildman–Crippen MR) is 126 cm³/mol. The topological polar surface area (TPSA) is 269 Å². The molecule has 0 spiro atoms. The van der Waals surface area contributed by atoms with Crippen molar-refractivity contribution in [1.29, 1.82) is 0 Å². The monoisotopic (exact) mass is 498 g/mol. The molecule has 0 saturated heterocycles. The third kappa shape index (κ3) is 12.3. The van der Waals surface area contributed by atoms with Crippen molar-refractivity contribution < 1.29 is 38.6 Å². The molecule has 0 heterocycles. The van der Waals surface area contributed by atoms with E-state index in [2.05, 4.69) is 5.32 Å². The molecule has 0 radical (unpaired) electrons. The van der Waals surface area contributed by atoms with Gasteiger partial charge in [-0.1, -0.05) is 35.4 Å². The SMILES string of the molecule is C/C(=C\CC(P(=O)(O)O)P(=O)(O)O)CC/C=C(\C)CNc1ccccc1C(=O)O.N.N.N. The van der Waals surface area contributed by atoms with E-state index in [9.17, 15) is 13.9 Å². The van der Waals surface area contributed by atoms with Gasteiger partial charge in [0.25, 0.3) is 0 Å². The number of hydrogen-bond donors (Lipinski definition) is 9. The molecule has 1 aromatic rings. The van der Waals surface area contributed by atoms with Crippen molar-refractivity contribution in [2.45, 2.75) is 38.5 Å². The number of aromatic carboxylic acids is 1. The predicted octanol–water partition coefficient (Wildman–Crippen LogP) is 4.03. The molecule has 186 valence electrons. The van der Waals surface area contributed by atoms with E-state index >= 15 is 0 Å². The second-order valence-electron chi connectivity index (χ2n) is 6.74. The van der Waals surface area contributed by atoms with Gasteiger partial charge in [-0.25, -0.2) is 4.79 Å². The van der Waals surface area contributed by atoms with E-state index < -0.39 is 33.0 Å². The van der Waals surface area contributed by atoms with Crippen molar-refractivity contribution in [2.75, 3.05) is 11.9 Å². The Balaban J connectivity index is -0.00000280. The molecule has 0 atom stereocenters. The molecule has 12 nitrogen and oxygen atoms in total. The molecule has 0 amide bonds. The van der Waals surface area contributed by atoms with Crippen LogP contribution in [0.4, 0.5) is 5.69 Å². The van der Waals surface area contributed by atoms with Crippen LogP contribution in [0.15, 0.2) is 47.6 Å². The number of rotatable bonds is 11. The van der Waals surface area contributed by atoms with Gasteiger partial charge in [0.2, 0.25) is 0 Å². The summed E-state index contributed by atoms with van der Waals surface area (Å²) >= 11 is 0. The first-order chi connectivity index (χ1) is 13.3. The van der Waals surface area contributed by atoms with Crippen molar-refractivity contribution in [3.63, 3.8) is 0 Å². The Bertz CT molecular complexity index is 857. The Hall–Kier alpha value is -1.85. The van der Waals surface area contributed by atoms with Gasteiger partial charge in [0.1, 0.15) is 0 Å². The lowest BCUT2D eigenvalue weighted by atomic mass is 10.1. The van der Waals surface area contributed by atoms with E-state index in [1.54, 1.807) is 25.1 Å². The van der Waals surface area contributed by atoms with Crippen LogP contribution in [0.1, 0.15) is 43.5 Å². The van der Waals surface area contributed by atoms with Gasteiger partial charge in [-0.2, -0.15) is 0 Å². The Labute approximate surface area is 187 Å². The van der Waals surface area contributed by atoms with Gasteiger partial charge in [-0.3, -0.25) is 9.13 Å². The van der Waals surface area contributed by atoms with Crippen LogP contribution in [0.2, 0.25) is 0 Å².